The van der Waals surface area contributed by atoms with Gasteiger partial charge in [0.1, 0.15) is 0 Å². The number of morpholine rings is 1. The fourth-order valence-electron chi connectivity index (χ4n) is 3.17. The Kier molecular flexibility index (Phi) is 6.19. The third-order valence-corrected chi connectivity index (χ3v) is 6.05. The lowest BCUT2D eigenvalue weighted by Gasteiger charge is -2.26. The summed E-state index contributed by atoms with van der Waals surface area (Å²) in [4.78, 5) is 8.40. The van der Waals surface area contributed by atoms with Crippen molar-refractivity contribution in [1.82, 2.24) is 9.47 Å². The molecule has 140 valence electrons. The maximum absolute atomic E-state index is 5.47. The topological polar surface area (TPSA) is 29.8 Å². The maximum Gasteiger partial charge on any atom is 0.190 e. The molecule has 1 fully saturated rings. The molecule has 3 aromatic rings. The fourth-order valence-corrected chi connectivity index (χ4v) is 4.38. The van der Waals surface area contributed by atoms with E-state index < -0.39 is 0 Å². The van der Waals surface area contributed by atoms with Crippen LogP contribution in [0.25, 0.3) is 11.3 Å². The summed E-state index contributed by atoms with van der Waals surface area (Å²) >= 11 is 5.23. The highest BCUT2D eigenvalue weighted by molar-refractivity contribution is 9.10. The number of hydrogen-bond donors (Lipinski definition) is 0. The lowest BCUT2D eigenvalue weighted by Crippen LogP contribution is -2.39. The minimum absolute atomic E-state index is 0.828. The van der Waals surface area contributed by atoms with Crippen molar-refractivity contribution in [2.75, 3.05) is 32.8 Å². The second-order valence-electron chi connectivity index (χ2n) is 6.46. The van der Waals surface area contributed by atoms with Crippen LogP contribution in [0, 0.1) is 0 Å². The lowest BCUT2D eigenvalue weighted by atomic mass is 10.2. The van der Waals surface area contributed by atoms with Crippen LogP contribution in [0.2, 0.25) is 0 Å². The Balaban J connectivity index is 1.68. The van der Waals surface area contributed by atoms with E-state index in [1.54, 1.807) is 11.3 Å². The molecule has 1 aliphatic rings. The summed E-state index contributed by atoms with van der Waals surface area (Å²) in [6.07, 6.45) is 0. The van der Waals surface area contributed by atoms with Gasteiger partial charge in [0.15, 0.2) is 4.80 Å². The third-order valence-electron chi connectivity index (χ3n) is 4.66. The highest BCUT2D eigenvalue weighted by Crippen LogP contribution is 2.23. The van der Waals surface area contributed by atoms with Gasteiger partial charge in [0.05, 0.1) is 24.6 Å². The van der Waals surface area contributed by atoms with E-state index >= 15 is 0 Å². The smallest absolute Gasteiger partial charge is 0.190 e. The van der Waals surface area contributed by atoms with E-state index in [0.29, 0.717) is 0 Å². The van der Waals surface area contributed by atoms with Crippen molar-refractivity contribution in [2.24, 2.45) is 4.99 Å². The van der Waals surface area contributed by atoms with Crippen LogP contribution in [-0.4, -0.2) is 42.3 Å². The van der Waals surface area contributed by atoms with E-state index in [1.807, 2.05) is 30.3 Å². The van der Waals surface area contributed by atoms with E-state index in [-0.39, 0.29) is 0 Å². The zero-order valence-electron chi connectivity index (χ0n) is 15.1. The Morgan fingerprint density at radius 2 is 1.70 bits per heavy atom. The van der Waals surface area contributed by atoms with Gasteiger partial charge in [0, 0.05) is 36.0 Å². The van der Waals surface area contributed by atoms with E-state index in [9.17, 15) is 0 Å². The Bertz CT molecular complexity index is 928. The molecule has 0 atom stereocenters. The molecule has 4 nitrogen and oxygen atoms in total. The molecular weight excluding hydrogens is 422 g/mol. The van der Waals surface area contributed by atoms with Crippen molar-refractivity contribution in [3.05, 3.63) is 69.3 Å². The molecule has 1 aromatic heterocycles. The molecular formula is C21H22BrN3OS. The predicted octanol–water partition coefficient (Wildman–Crippen LogP) is 4.54. The van der Waals surface area contributed by atoms with Gasteiger partial charge in [-0.15, -0.1) is 11.3 Å². The van der Waals surface area contributed by atoms with Crippen LogP contribution in [-0.2, 0) is 11.3 Å². The van der Waals surface area contributed by atoms with Crippen molar-refractivity contribution in [3.8, 4) is 11.3 Å². The number of para-hydroxylation sites is 1. The van der Waals surface area contributed by atoms with Gasteiger partial charge in [-0.05, 0) is 29.8 Å². The molecule has 0 unspecified atom stereocenters. The summed E-state index contributed by atoms with van der Waals surface area (Å²) < 4.78 is 8.91. The molecule has 0 bridgehead atoms. The van der Waals surface area contributed by atoms with Crippen LogP contribution in [0.1, 0.15) is 0 Å². The molecule has 27 heavy (non-hydrogen) atoms. The number of aromatic nitrogens is 1. The van der Waals surface area contributed by atoms with E-state index in [4.69, 9.17) is 9.73 Å². The molecule has 0 amide bonds. The molecule has 0 saturated carbocycles. The normalized spacial score (nSPS) is 16.0. The summed E-state index contributed by atoms with van der Waals surface area (Å²) in [7, 11) is 0. The first-order chi connectivity index (χ1) is 13.3. The number of rotatable bonds is 5. The first kappa shape index (κ1) is 18.6. The molecule has 1 aliphatic heterocycles. The first-order valence-electron chi connectivity index (χ1n) is 9.14. The maximum atomic E-state index is 5.47. The highest BCUT2D eigenvalue weighted by Gasteiger charge is 2.13. The van der Waals surface area contributed by atoms with Crippen LogP contribution < -0.4 is 4.80 Å². The summed E-state index contributed by atoms with van der Waals surface area (Å²) in [5, 5.41) is 2.21. The van der Waals surface area contributed by atoms with Crippen LogP contribution in [0.5, 0.6) is 0 Å². The SMILES string of the molecule is Brc1ccc(-c2csc(=Nc3ccccc3)n2CCN2CCOCC2)cc1. The standard InChI is InChI=1S/C21H22BrN3OS/c22-18-8-6-17(7-9-18)20-16-27-21(23-19-4-2-1-3-5-19)25(20)11-10-24-12-14-26-15-13-24/h1-9,16H,10-15H2. The van der Waals surface area contributed by atoms with Crippen molar-refractivity contribution >= 4 is 33.0 Å². The van der Waals surface area contributed by atoms with Gasteiger partial charge in [0.25, 0.3) is 0 Å². The monoisotopic (exact) mass is 443 g/mol. The second kappa shape index (κ2) is 8.97. The molecule has 6 heteroatoms. The quantitative estimate of drug-likeness (QED) is 0.578. The molecule has 2 aromatic carbocycles. The van der Waals surface area contributed by atoms with Crippen LogP contribution in [0.4, 0.5) is 5.69 Å². The van der Waals surface area contributed by atoms with Gasteiger partial charge >= 0.3 is 0 Å². The average Bonchev–Trinajstić information content (AvgIpc) is 3.11. The number of benzene rings is 2. The summed E-state index contributed by atoms with van der Waals surface area (Å²) in [5.74, 6) is 0. The Hall–Kier alpha value is -1.73. The number of thiazole rings is 1. The molecule has 0 N–H and O–H groups in total. The third kappa shape index (κ3) is 4.76. The zero-order valence-corrected chi connectivity index (χ0v) is 17.5. The summed E-state index contributed by atoms with van der Waals surface area (Å²) in [6.45, 7) is 5.59. The number of halogens is 1. The van der Waals surface area contributed by atoms with Gasteiger partial charge in [-0.1, -0.05) is 46.3 Å². The molecule has 0 spiro atoms. The van der Waals surface area contributed by atoms with Crippen molar-refractivity contribution in [3.63, 3.8) is 0 Å². The molecule has 1 saturated heterocycles. The largest absolute Gasteiger partial charge is 0.379 e. The number of nitrogens with zero attached hydrogens (tertiary/aromatic N) is 3. The molecule has 0 radical (unpaired) electrons. The van der Waals surface area contributed by atoms with Gasteiger partial charge in [-0.25, -0.2) is 4.99 Å². The van der Waals surface area contributed by atoms with Crippen LogP contribution >= 0.6 is 27.3 Å². The molecule has 0 aliphatic carbocycles. The van der Waals surface area contributed by atoms with Gasteiger partial charge in [0.2, 0.25) is 0 Å². The Labute approximate surface area is 171 Å². The lowest BCUT2D eigenvalue weighted by molar-refractivity contribution is 0.0363. The Morgan fingerprint density at radius 1 is 0.963 bits per heavy atom. The minimum Gasteiger partial charge on any atom is -0.379 e. The first-order valence-corrected chi connectivity index (χ1v) is 10.8. The van der Waals surface area contributed by atoms with Gasteiger partial charge in [-0.3, -0.25) is 4.90 Å². The van der Waals surface area contributed by atoms with Crippen LogP contribution in [0.3, 0.4) is 0 Å². The van der Waals surface area contributed by atoms with Crippen molar-refractivity contribution in [1.29, 1.82) is 0 Å². The highest BCUT2D eigenvalue weighted by atomic mass is 79.9. The zero-order chi connectivity index (χ0) is 18.5. The minimum atomic E-state index is 0.828. The predicted molar refractivity (Wildman–Crippen MR) is 114 cm³/mol. The average molecular weight is 444 g/mol. The van der Waals surface area contributed by atoms with Gasteiger partial charge in [-0.2, -0.15) is 0 Å². The van der Waals surface area contributed by atoms with Crippen molar-refractivity contribution < 1.29 is 4.74 Å². The number of hydrogen-bond acceptors (Lipinski definition) is 4. The second-order valence-corrected chi connectivity index (χ2v) is 8.22. The van der Waals surface area contributed by atoms with Crippen LogP contribution in [0.15, 0.2) is 69.4 Å². The molecule has 4 rings (SSSR count). The van der Waals surface area contributed by atoms with Gasteiger partial charge < -0.3 is 9.30 Å². The van der Waals surface area contributed by atoms with E-state index in [1.165, 1.54) is 11.3 Å². The Morgan fingerprint density at radius 3 is 2.44 bits per heavy atom. The fraction of sp³-hybridized carbons (Fsp3) is 0.286. The van der Waals surface area contributed by atoms with E-state index in [0.717, 1.165) is 54.4 Å². The number of ether oxygens (including phenoxy) is 1. The van der Waals surface area contributed by atoms with Crippen molar-refractivity contribution in [2.45, 2.75) is 6.54 Å². The summed E-state index contributed by atoms with van der Waals surface area (Å²) in [5.41, 5.74) is 3.42. The molecule has 2 heterocycles. The summed E-state index contributed by atoms with van der Waals surface area (Å²) in [6, 6.07) is 18.7. The van der Waals surface area contributed by atoms with E-state index in [2.05, 4.69) is 55.0 Å².